The van der Waals surface area contributed by atoms with Gasteiger partial charge in [-0.25, -0.2) is 4.98 Å². The van der Waals surface area contributed by atoms with Crippen LogP contribution in [0.5, 0.6) is 0 Å². The molecule has 0 radical (unpaired) electrons. The number of imidazole rings is 1. The number of rotatable bonds is 4. The molecule has 6 heteroatoms. The van der Waals surface area contributed by atoms with Gasteiger partial charge < -0.3 is 9.64 Å². The van der Waals surface area contributed by atoms with Crippen LogP contribution >= 0.6 is 0 Å². The Morgan fingerprint density at radius 2 is 1.96 bits per heavy atom. The molecule has 0 unspecified atom stereocenters. The Balaban J connectivity index is 1.60. The van der Waals surface area contributed by atoms with Crippen LogP contribution in [0.25, 0.3) is 16.8 Å². The maximum Gasteiger partial charge on any atom is 0.236 e. The highest BCUT2D eigenvalue weighted by Gasteiger charge is 2.34. The maximum atomic E-state index is 12.8. The van der Waals surface area contributed by atoms with Gasteiger partial charge in [-0.15, -0.1) is 0 Å². The molecule has 24 heavy (non-hydrogen) atoms. The van der Waals surface area contributed by atoms with Gasteiger partial charge in [0.05, 0.1) is 23.3 Å². The summed E-state index contributed by atoms with van der Waals surface area (Å²) in [5, 5.41) is 0. The fourth-order valence-electron chi connectivity index (χ4n) is 3.59. The van der Waals surface area contributed by atoms with E-state index >= 15 is 0 Å². The van der Waals surface area contributed by atoms with Gasteiger partial charge >= 0.3 is 0 Å². The van der Waals surface area contributed by atoms with E-state index in [4.69, 9.17) is 9.72 Å². The summed E-state index contributed by atoms with van der Waals surface area (Å²) in [7, 11) is 1.69. The Labute approximate surface area is 140 Å². The van der Waals surface area contributed by atoms with E-state index in [1.807, 2.05) is 40.9 Å². The van der Waals surface area contributed by atoms with E-state index in [2.05, 4.69) is 9.88 Å². The molecule has 0 amide bonds. The van der Waals surface area contributed by atoms with Crippen molar-refractivity contribution < 1.29 is 9.13 Å². The number of alkyl halides is 1. The molecule has 1 aromatic carbocycles. The van der Waals surface area contributed by atoms with Gasteiger partial charge in [0.1, 0.15) is 5.82 Å². The fraction of sp³-hybridized carbons (Fsp3) is 0.444. The van der Waals surface area contributed by atoms with Gasteiger partial charge in [-0.1, -0.05) is 12.1 Å². The number of aromatic nitrogens is 3. The highest BCUT2D eigenvalue weighted by atomic mass is 18.2. The topological polar surface area (TPSA) is 42.7 Å². The molecule has 2 aromatic heterocycles. The Morgan fingerprint density at radius 3 is 2.71 bits per heavy atom. The van der Waals surface area contributed by atoms with Crippen LogP contribution in [-0.2, 0) is 4.74 Å². The minimum absolute atomic E-state index is 0.322. The van der Waals surface area contributed by atoms with Crippen LogP contribution in [0.1, 0.15) is 19.3 Å². The molecule has 0 spiro atoms. The van der Waals surface area contributed by atoms with Crippen molar-refractivity contribution in [1.82, 2.24) is 14.4 Å². The average Bonchev–Trinajstić information content (AvgIpc) is 3.00. The third-order valence-corrected chi connectivity index (χ3v) is 5.15. The molecule has 126 valence electrons. The molecule has 1 fully saturated rings. The second-order valence-corrected chi connectivity index (χ2v) is 6.37. The summed E-state index contributed by atoms with van der Waals surface area (Å²) in [6, 6.07) is 10.0. The molecule has 1 aliphatic rings. The first-order valence-corrected chi connectivity index (χ1v) is 8.35. The lowest BCUT2D eigenvalue weighted by Crippen LogP contribution is -2.46. The monoisotopic (exact) mass is 327 g/mol. The van der Waals surface area contributed by atoms with E-state index in [9.17, 15) is 4.39 Å². The van der Waals surface area contributed by atoms with Crippen LogP contribution < -0.4 is 4.90 Å². The van der Waals surface area contributed by atoms with Gasteiger partial charge in [-0.2, -0.15) is 4.98 Å². The predicted molar refractivity (Wildman–Crippen MR) is 92.3 cm³/mol. The van der Waals surface area contributed by atoms with Gasteiger partial charge in [-0.05, 0) is 31.0 Å². The van der Waals surface area contributed by atoms with Crippen molar-refractivity contribution in [3.63, 3.8) is 0 Å². The summed E-state index contributed by atoms with van der Waals surface area (Å²) in [6.45, 7) is 1.30. The number of fused-ring (bicyclic) bond motifs is 3. The first kappa shape index (κ1) is 15.3. The van der Waals surface area contributed by atoms with Crippen molar-refractivity contribution in [3.8, 4) is 0 Å². The van der Waals surface area contributed by atoms with E-state index < -0.39 is 0 Å². The molecular weight excluding hydrogens is 306 g/mol. The lowest BCUT2D eigenvalue weighted by molar-refractivity contribution is -0.0398. The van der Waals surface area contributed by atoms with Crippen LogP contribution in [-0.4, -0.2) is 46.8 Å². The smallest absolute Gasteiger partial charge is 0.236 e. The highest BCUT2D eigenvalue weighted by molar-refractivity contribution is 5.79. The number of methoxy groups -OCH3 is 1. The van der Waals surface area contributed by atoms with Gasteiger partial charge in [0, 0.05) is 32.8 Å². The normalized spacial score (nSPS) is 17.7. The molecular formula is C18H21FN4O. The number of piperidine rings is 1. The Hall–Kier alpha value is -2.21. The summed E-state index contributed by atoms with van der Waals surface area (Å²) in [4.78, 5) is 11.5. The largest absolute Gasteiger partial charge is 0.378 e. The van der Waals surface area contributed by atoms with Crippen LogP contribution in [0.15, 0.2) is 36.5 Å². The molecule has 0 atom stereocenters. The summed E-state index contributed by atoms with van der Waals surface area (Å²) in [6.07, 6.45) is 4.12. The third-order valence-electron chi connectivity index (χ3n) is 5.15. The average molecular weight is 327 g/mol. The molecule has 3 aromatic rings. The second kappa shape index (κ2) is 6.02. The van der Waals surface area contributed by atoms with Crippen LogP contribution in [0, 0.1) is 0 Å². The first-order valence-electron chi connectivity index (χ1n) is 8.35. The zero-order valence-corrected chi connectivity index (χ0v) is 13.8. The van der Waals surface area contributed by atoms with Crippen LogP contribution in [0.4, 0.5) is 10.2 Å². The number of hydrogen-bond acceptors (Lipinski definition) is 4. The summed E-state index contributed by atoms with van der Waals surface area (Å²) in [5.74, 6) is 1.63. The Morgan fingerprint density at radius 1 is 1.17 bits per heavy atom. The lowest BCUT2D eigenvalue weighted by Gasteiger charge is -2.40. The number of anilines is 1. The number of nitrogens with zero attached hydrogens (tertiary/aromatic N) is 4. The summed E-state index contributed by atoms with van der Waals surface area (Å²) >= 11 is 0. The Kier molecular flexibility index (Phi) is 3.84. The van der Waals surface area contributed by atoms with Crippen LogP contribution in [0.2, 0.25) is 0 Å². The number of para-hydroxylation sites is 2. The van der Waals surface area contributed by atoms with Crippen molar-refractivity contribution in [2.75, 3.05) is 31.8 Å². The van der Waals surface area contributed by atoms with Crippen molar-refractivity contribution >= 4 is 22.6 Å². The number of hydrogen-bond donors (Lipinski definition) is 0. The first-order chi connectivity index (χ1) is 11.7. The number of benzene rings is 1. The SMILES string of the molecule is COC1(CC[18F])CCN(c2ccn3c(n2)nc2ccccc23)CC1. The van der Waals surface area contributed by atoms with Gasteiger partial charge in [0.2, 0.25) is 5.78 Å². The molecule has 0 saturated carbocycles. The molecule has 5 nitrogen and oxygen atoms in total. The van der Waals surface area contributed by atoms with E-state index in [1.165, 1.54) is 0 Å². The van der Waals surface area contributed by atoms with E-state index in [-0.39, 0.29) is 12.3 Å². The molecule has 0 bridgehead atoms. The van der Waals surface area contributed by atoms with Gasteiger partial charge in [0.15, 0.2) is 0 Å². The summed E-state index contributed by atoms with van der Waals surface area (Å²) < 4.78 is 20.4. The summed E-state index contributed by atoms with van der Waals surface area (Å²) in [5.41, 5.74) is 1.69. The molecule has 1 saturated heterocycles. The lowest BCUT2D eigenvalue weighted by atomic mass is 9.88. The third kappa shape index (κ3) is 2.51. The van der Waals surface area contributed by atoms with Gasteiger partial charge in [-0.3, -0.25) is 8.79 Å². The fourth-order valence-corrected chi connectivity index (χ4v) is 3.59. The zero-order chi connectivity index (χ0) is 16.6. The van der Waals surface area contributed by atoms with Crippen molar-refractivity contribution in [1.29, 1.82) is 0 Å². The zero-order valence-electron chi connectivity index (χ0n) is 13.8. The van der Waals surface area contributed by atoms with E-state index in [0.717, 1.165) is 42.8 Å². The standard InChI is InChI=1S/C18H21FN4O/c1-24-18(7-10-19)8-12-22(13-9-18)16-6-11-23-15-5-3-2-4-14(15)20-17(23)21-16/h2-6,11H,7-10,12-13H2,1H3/i19-1. The minimum atomic E-state index is -0.335. The van der Waals surface area contributed by atoms with Crippen LogP contribution in [0.3, 0.4) is 0 Å². The van der Waals surface area contributed by atoms with Gasteiger partial charge in [0.25, 0.3) is 0 Å². The quantitative estimate of drug-likeness (QED) is 0.738. The van der Waals surface area contributed by atoms with E-state index in [0.29, 0.717) is 12.2 Å². The molecule has 1 aliphatic heterocycles. The second-order valence-electron chi connectivity index (χ2n) is 6.37. The van der Waals surface area contributed by atoms with E-state index in [1.54, 1.807) is 7.11 Å². The van der Waals surface area contributed by atoms with Crippen molar-refractivity contribution in [2.45, 2.75) is 24.9 Å². The number of halogens is 1. The number of ether oxygens (including phenoxy) is 1. The predicted octanol–water partition coefficient (Wildman–Crippen LogP) is 3.23. The van der Waals surface area contributed by atoms with Crippen molar-refractivity contribution in [2.24, 2.45) is 0 Å². The van der Waals surface area contributed by atoms with Crippen molar-refractivity contribution in [3.05, 3.63) is 36.5 Å². The molecule has 0 aliphatic carbocycles. The maximum absolute atomic E-state index is 12.8. The molecule has 0 N–H and O–H groups in total. The minimum Gasteiger partial charge on any atom is -0.378 e. The molecule has 3 heterocycles. The molecule has 4 rings (SSSR count). The Bertz CT molecular complexity index is 854. The highest BCUT2D eigenvalue weighted by Crippen LogP contribution is 2.31.